The molecular formula is C22H21N5O. The lowest BCUT2D eigenvalue weighted by molar-refractivity contribution is 0.122. The zero-order chi connectivity index (χ0) is 18.9. The van der Waals surface area contributed by atoms with Crippen LogP contribution in [0.15, 0.2) is 54.9 Å². The van der Waals surface area contributed by atoms with E-state index in [1.165, 1.54) is 5.69 Å². The van der Waals surface area contributed by atoms with E-state index in [0.717, 1.165) is 65.4 Å². The van der Waals surface area contributed by atoms with Crippen molar-refractivity contribution in [2.45, 2.75) is 6.92 Å². The Bertz CT molecular complexity index is 1100. The van der Waals surface area contributed by atoms with Crippen molar-refractivity contribution >= 4 is 16.7 Å². The fourth-order valence-electron chi connectivity index (χ4n) is 3.74. The van der Waals surface area contributed by atoms with Gasteiger partial charge < -0.3 is 9.64 Å². The number of aromatic amines is 1. The van der Waals surface area contributed by atoms with Crippen LogP contribution >= 0.6 is 0 Å². The van der Waals surface area contributed by atoms with Gasteiger partial charge in [0.1, 0.15) is 0 Å². The van der Waals surface area contributed by atoms with Gasteiger partial charge in [0, 0.05) is 53.4 Å². The average molecular weight is 371 g/mol. The van der Waals surface area contributed by atoms with Gasteiger partial charge in [-0.2, -0.15) is 5.10 Å². The lowest BCUT2D eigenvalue weighted by atomic mass is 10.0. The number of nitrogens with zero attached hydrogens (tertiary/aromatic N) is 4. The highest BCUT2D eigenvalue weighted by atomic mass is 16.5. The summed E-state index contributed by atoms with van der Waals surface area (Å²) in [5.41, 5.74) is 7.09. The van der Waals surface area contributed by atoms with E-state index >= 15 is 0 Å². The van der Waals surface area contributed by atoms with E-state index in [1.807, 2.05) is 19.2 Å². The van der Waals surface area contributed by atoms with E-state index in [0.29, 0.717) is 0 Å². The quantitative estimate of drug-likeness (QED) is 0.593. The Morgan fingerprint density at radius 3 is 2.61 bits per heavy atom. The Kier molecular flexibility index (Phi) is 4.25. The van der Waals surface area contributed by atoms with Gasteiger partial charge in [-0.05, 0) is 36.8 Å². The highest BCUT2D eigenvalue weighted by molar-refractivity contribution is 5.96. The number of H-pyrrole nitrogens is 1. The van der Waals surface area contributed by atoms with Gasteiger partial charge in [-0.1, -0.05) is 18.2 Å². The number of morpholine rings is 1. The van der Waals surface area contributed by atoms with Crippen molar-refractivity contribution in [2.24, 2.45) is 0 Å². The second-order valence-electron chi connectivity index (χ2n) is 6.99. The van der Waals surface area contributed by atoms with Crippen LogP contribution in [0.4, 0.5) is 5.69 Å². The first-order chi connectivity index (χ1) is 13.8. The lowest BCUT2D eigenvalue weighted by Gasteiger charge is -2.28. The number of hydrogen-bond donors (Lipinski definition) is 1. The van der Waals surface area contributed by atoms with Crippen molar-refractivity contribution in [3.05, 3.63) is 60.6 Å². The molecule has 1 aliphatic rings. The second kappa shape index (κ2) is 7.05. The molecule has 6 heteroatoms. The molecule has 1 aromatic carbocycles. The molecule has 140 valence electrons. The fraction of sp³-hybridized carbons (Fsp3) is 0.227. The first kappa shape index (κ1) is 16.9. The molecule has 4 aromatic rings. The van der Waals surface area contributed by atoms with Crippen LogP contribution in [0.25, 0.3) is 33.4 Å². The molecule has 1 saturated heterocycles. The summed E-state index contributed by atoms with van der Waals surface area (Å²) >= 11 is 0. The first-order valence-corrected chi connectivity index (χ1v) is 9.49. The van der Waals surface area contributed by atoms with Gasteiger partial charge >= 0.3 is 0 Å². The van der Waals surface area contributed by atoms with E-state index in [-0.39, 0.29) is 0 Å². The Labute approximate surface area is 163 Å². The number of ether oxygens (including phenoxy) is 1. The maximum atomic E-state index is 5.45. The predicted octanol–water partition coefficient (Wildman–Crippen LogP) is 3.83. The molecule has 0 amide bonds. The molecule has 4 heterocycles. The standard InChI is InChI=1S/C22H21N5O/c1-15-21-19(17-3-2-8-23-14-17)13-20(24-22(21)26-25-15)16-4-6-18(7-5-16)27-9-11-28-12-10-27/h2-8,13-14H,9-12H2,1H3,(H,24,25,26). The van der Waals surface area contributed by atoms with Crippen molar-refractivity contribution in [1.29, 1.82) is 0 Å². The molecule has 5 rings (SSSR count). The van der Waals surface area contributed by atoms with Crippen molar-refractivity contribution in [1.82, 2.24) is 20.2 Å². The minimum Gasteiger partial charge on any atom is -0.378 e. The minimum atomic E-state index is 0.728. The molecule has 0 aliphatic carbocycles. The summed E-state index contributed by atoms with van der Waals surface area (Å²) in [6.45, 7) is 5.45. The van der Waals surface area contributed by atoms with Gasteiger partial charge in [0.25, 0.3) is 0 Å². The van der Waals surface area contributed by atoms with Crippen molar-refractivity contribution in [2.75, 3.05) is 31.2 Å². The highest BCUT2D eigenvalue weighted by Gasteiger charge is 2.15. The van der Waals surface area contributed by atoms with Crippen LogP contribution in [-0.2, 0) is 4.74 Å². The molecule has 0 unspecified atom stereocenters. The Morgan fingerprint density at radius 2 is 1.86 bits per heavy atom. The van der Waals surface area contributed by atoms with E-state index in [9.17, 15) is 0 Å². The van der Waals surface area contributed by atoms with Crippen LogP contribution < -0.4 is 4.90 Å². The smallest absolute Gasteiger partial charge is 0.182 e. The zero-order valence-electron chi connectivity index (χ0n) is 15.7. The molecular weight excluding hydrogens is 350 g/mol. The Hall–Kier alpha value is -3.25. The number of pyridine rings is 2. The number of aromatic nitrogens is 4. The third-order valence-electron chi connectivity index (χ3n) is 5.22. The van der Waals surface area contributed by atoms with Crippen LogP contribution in [0.3, 0.4) is 0 Å². The van der Waals surface area contributed by atoms with Crippen LogP contribution in [0.5, 0.6) is 0 Å². The number of nitrogens with one attached hydrogen (secondary N) is 1. The van der Waals surface area contributed by atoms with Crippen molar-refractivity contribution in [3.8, 4) is 22.4 Å². The first-order valence-electron chi connectivity index (χ1n) is 9.49. The minimum absolute atomic E-state index is 0.728. The topological polar surface area (TPSA) is 66.9 Å². The van der Waals surface area contributed by atoms with Crippen LogP contribution in [0, 0.1) is 6.92 Å². The summed E-state index contributed by atoms with van der Waals surface area (Å²) in [6.07, 6.45) is 3.67. The van der Waals surface area contributed by atoms with Crippen molar-refractivity contribution in [3.63, 3.8) is 0 Å². The number of benzene rings is 1. The Balaban J connectivity index is 1.58. The van der Waals surface area contributed by atoms with Crippen LogP contribution in [-0.4, -0.2) is 46.5 Å². The number of fused-ring (bicyclic) bond motifs is 1. The fourth-order valence-corrected chi connectivity index (χ4v) is 3.74. The van der Waals surface area contributed by atoms with Gasteiger partial charge in [0.05, 0.1) is 18.9 Å². The Morgan fingerprint density at radius 1 is 1.04 bits per heavy atom. The van der Waals surface area contributed by atoms with Gasteiger partial charge in [-0.15, -0.1) is 0 Å². The monoisotopic (exact) mass is 371 g/mol. The summed E-state index contributed by atoms with van der Waals surface area (Å²) in [5.74, 6) is 0. The third kappa shape index (κ3) is 3.01. The van der Waals surface area contributed by atoms with Crippen LogP contribution in [0.2, 0.25) is 0 Å². The van der Waals surface area contributed by atoms with Gasteiger partial charge in [-0.3, -0.25) is 10.1 Å². The maximum absolute atomic E-state index is 5.45. The summed E-state index contributed by atoms with van der Waals surface area (Å²) < 4.78 is 5.45. The largest absolute Gasteiger partial charge is 0.378 e. The molecule has 3 aromatic heterocycles. The van der Waals surface area contributed by atoms with Gasteiger partial charge in [-0.25, -0.2) is 4.98 Å². The lowest BCUT2D eigenvalue weighted by Crippen LogP contribution is -2.36. The summed E-state index contributed by atoms with van der Waals surface area (Å²) in [6, 6.07) is 14.7. The highest BCUT2D eigenvalue weighted by Crippen LogP contribution is 2.33. The average Bonchev–Trinajstić information content (AvgIpc) is 3.15. The van der Waals surface area contributed by atoms with E-state index in [2.05, 4.69) is 56.5 Å². The molecule has 0 radical (unpaired) electrons. The molecule has 1 N–H and O–H groups in total. The van der Waals surface area contributed by atoms with Crippen LogP contribution in [0.1, 0.15) is 5.69 Å². The second-order valence-corrected chi connectivity index (χ2v) is 6.99. The molecule has 1 fully saturated rings. The normalized spacial score (nSPS) is 14.5. The van der Waals surface area contributed by atoms with Gasteiger partial charge in [0.15, 0.2) is 5.65 Å². The number of aryl methyl sites for hydroxylation is 1. The number of anilines is 1. The zero-order valence-corrected chi connectivity index (χ0v) is 15.7. The van der Waals surface area contributed by atoms with E-state index < -0.39 is 0 Å². The summed E-state index contributed by atoms with van der Waals surface area (Å²) in [5, 5.41) is 8.51. The molecule has 6 nitrogen and oxygen atoms in total. The van der Waals surface area contributed by atoms with Crippen molar-refractivity contribution < 1.29 is 4.74 Å². The van der Waals surface area contributed by atoms with E-state index in [4.69, 9.17) is 9.72 Å². The number of rotatable bonds is 3. The SMILES string of the molecule is Cc1[nH]nc2nc(-c3ccc(N4CCOCC4)cc3)cc(-c3cccnc3)c12. The third-order valence-corrected chi connectivity index (χ3v) is 5.22. The summed E-state index contributed by atoms with van der Waals surface area (Å²) in [4.78, 5) is 11.4. The van der Waals surface area contributed by atoms with E-state index in [1.54, 1.807) is 6.20 Å². The number of hydrogen-bond acceptors (Lipinski definition) is 5. The van der Waals surface area contributed by atoms with Gasteiger partial charge in [0.2, 0.25) is 0 Å². The molecule has 0 atom stereocenters. The molecule has 28 heavy (non-hydrogen) atoms. The molecule has 1 aliphatic heterocycles. The maximum Gasteiger partial charge on any atom is 0.182 e. The summed E-state index contributed by atoms with van der Waals surface area (Å²) in [7, 11) is 0. The molecule has 0 bridgehead atoms. The predicted molar refractivity (Wildman–Crippen MR) is 110 cm³/mol. The molecule has 0 spiro atoms. The molecule has 0 saturated carbocycles.